The summed E-state index contributed by atoms with van der Waals surface area (Å²) in [6.07, 6.45) is 3.54. The van der Waals surface area contributed by atoms with E-state index in [9.17, 15) is 5.11 Å². The molecule has 0 aromatic heterocycles. The molecule has 2 aliphatic heterocycles. The van der Waals surface area contributed by atoms with E-state index in [-0.39, 0.29) is 0 Å². The normalized spacial score (nSPS) is 35.2. The molecular formula is C9H16O3. The van der Waals surface area contributed by atoms with Gasteiger partial charge in [-0.15, -0.1) is 0 Å². The zero-order valence-corrected chi connectivity index (χ0v) is 7.29. The largest absolute Gasteiger partial charge is 0.381 e. The molecule has 2 fully saturated rings. The van der Waals surface area contributed by atoms with Crippen LogP contribution < -0.4 is 0 Å². The highest BCUT2D eigenvalue weighted by Gasteiger charge is 2.37. The van der Waals surface area contributed by atoms with Crippen molar-refractivity contribution in [2.45, 2.75) is 32.0 Å². The molecule has 3 heteroatoms. The SMILES string of the molecule is O[C@@H]1CC2(CCOCC2)CCO1. The molecule has 2 aliphatic rings. The number of hydrogen-bond acceptors (Lipinski definition) is 3. The summed E-state index contributed by atoms with van der Waals surface area (Å²) >= 11 is 0. The first-order valence-corrected chi connectivity index (χ1v) is 4.68. The van der Waals surface area contributed by atoms with Gasteiger partial charge in [0.2, 0.25) is 0 Å². The number of aliphatic hydroxyl groups excluding tert-OH is 1. The van der Waals surface area contributed by atoms with E-state index in [1.165, 1.54) is 0 Å². The zero-order chi connectivity index (χ0) is 8.44. The number of ether oxygens (including phenoxy) is 2. The van der Waals surface area contributed by atoms with Crippen LogP contribution in [0.1, 0.15) is 25.7 Å². The number of rotatable bonds is 0. The van der Waals surface area contributed by atoms with Gasteiger partial charge in [-0.1, -0.05) is 0 Å². The smallest absolute Gasteiger partial charge is 0.155 e. The third-order valence-corrected chi connectivity index (χ3v) is 3.10. The van der Waals surface area contributed by atoms with E-state index in [2.05, 4.69) is 0 Å². The fourth-order valence-electron chi connectivity index (χ4n) is 2.20. The highest BCUT2D eigenvalue weighted by atomic mass is 16.6. The van der Waals surface area contributed by atoms with Crippen molar-refractivity contribution in [3.05, 3.63) is 0 Å². The molecular weight excluding hydrogens is 156 g/mol. The first kappa shape index (κ1) is 8.48. The molecule has 0 bridgehead atoms. The van der Waals surface area contributed by atoms with Gasteiger partial charge >= 0.3 is 0 Å². The Hall–Kier alpha value is -0.120. The van der Waals surface area contributed by atoms with Gasteiger partial charge in [-0.3, -0.25) is 0 Å². The quantitative estimate of drug-likeness (QED) is 0.590. The van der Waals surface area contributed by atoms with Gasteiger partial charge in [-0.2, -0.15) is 0 Å². The van der Waals surface area contributed by atoms with Gasteiger partial charge in [0.1, 0.15) is 0 Å². The van der Waals surface area contributed by atoms with Crippen molar-refractivity contribution in [2.75, 3.05) is 19.8 Å². The molecule has 2 rings (SSSR count). The van der Waals surface area contributed by atoms with E-state index in [4.69, 9.17) is 9.47 Å². The summed E-state index contributed by atoms with van der Waals surface area (Å²) < 4.78 is 10.4. The lowest BCUT2D eigenvalue weighted by atomic mass is 9.73. The van der Waals surface area contributed by atoms with Crippen LogP contribution in [0.4, 0.5) is 0 Å². The molecule has 1 spiro atoms. The van der Waals surface area contributed by atoms with Crippen LogP contribution in [-0.4, -0.2) is 31.2 Å². The van der Waals surface area contributed by atoms with Crippen LogP contribution in [-0.2, 0) is 9.47 Å². The van der Waals surface area contributed by atoms with E-state index in [0.717, 1.165) is 38.9 Å². The highest BCUT2D eigenvalue weighted by molar-refractivity contribution is 4.84. The molecule has 0 aliphatic carbocycles. The van der Waals surface area contributed by atoms with Crippen molar-refractivity contribution >= 4 is 0 Å². The predicted molar refractivity (Wildman–Crippen MR) is 43.7 cm³/mol. The first-order valence-electron chi connectivity index (χ1n) is 4.68. The Morgan fingerprint density at radius 1 is 1.08 bits per heavy atom. The second kappa shape index (κ2) is 3.32. The van der Waals surface area contributed by atoms with Crippen LogP contribution in [0.15, 0.2) is 0 Å². The second-order valence-corrected chi connectivity index (χ2v) is 3.89. The topological polar surface area (TPSA) is 38.7 Å². The van der Waals surface area contributed by atoms with Gasteiger partial charge in [0.15, 0.2) is 6.29 Å². The maximum absolute atomic E-state index is 9.36. The summed E-state index contributed by atoms with van der Waals surface area (Å²) in [7, 11) is 0. The molecule has 0 amide bonds. The molecule has 0 saturated carbocycles. The van der Waals surface area contributed by atoms with E-state index in [0.29, 0.717) is 12.0 Å². The summed E-state index contributed by atoms with van der Waals surface area (Å²) in [5, 5.41) is 9.36. The van der Waals surface area contributed by atoms with Crippen molar-refractivity contribution in [3.63, 3.8) is 0 Å². The summed E-state index contributed by atoms with van der Waals surface area (Å²) in [4.78, 5) is 0. The Labute approximate surface area is 72.7 Å². The van der Waals surface area contributed by atoms with Gasteiger partial charge in [-0.25, -0.2) is 0 Å². The minimum Gasteiger partial charge on any atom is -0.381 e. The van der Waals surface area contributed by atoms with Crippen LogP contribution in [0, 0.1) is 5.41 Å². The molecule has 3 nitrogen and oxygen atoms in total. The summed E-state index contributed by atoms with van der Waals surface area (Å²) in [6, 6.07) is 0. The third-order valence-electron chi connectivity index (χ3n) is 3.10. The van der Waals surface area contributed by atoms with Crippen LogP contribution in [0.3, 0.4) is 0 Å². The Bertz CT molecular complexity index is 146. The van der Waals surface area contributed by atoms with Crippen LogP contribution in [0.5, 0.6) is 0 Å². The van der Waals surface area contributed by atoms with Crippen molar-refractivity contribution in [2.24, 2.45) is 5.41 Å². The van der Waals surface area contributed by atoms with Crippen LogP contribution in [0.2, 0.25) is 0 Å². The summed E-state index contributed by atoms with van der Waals surface area (Å²) in [5.41, 5.74) is 0.329. The molecule has 12 heavy (non-hydrogen) atoms. The van der Waals surface area contributed by atoms with E-state index >= 15 is 0 Å². The van der Waals surface area contributed by atoms with Crippen LogP contribution in [0.25, 0.3) is 0 Å². The van der Waals surface area contributed by atoms with Crippen molar-refractivity contribution in [3.8, 4) is 0 Å². The molecule has 2 saturated heterocycles. The van der Waals surface area contributed by atoms with Crippen molar-refractivity contribution < 1.29 is 14.6 Å². The van der Waals surface area contributed by atoms with E-state index < -0.39 is 6.29 Å². The lowest BCUT2D eigenvalue weighted by Gasteiger charge is -2.41. The summed E-state index contributed by atoms with van der Waals surface area (Å²) in [5.74, 6) is 0. The lowest BCUT2D eigenvalue weighted by molar-refractivity contribution is -0.176. The van der Waals surface area contributed by atoms with Crippen molar-refractivity contribution in [1.82, 2.24) is 0 Å². The maximum Gasteiger partial charge on any atom is 0.155 e. The fraction of sp³-hybridized carbons (Fsp3) is 1.00. The van der Waals surface area contributed by atoms with E-state index in [1.807, 2.05) is 0 Å². The van der Waals surface area contributed by atoms with Gasteiger partial charge in [0, 0.05) is 19.6 Å². The monoisotopic (exact) mass is 172 g/mol. The minimum absolute atomic E-state index is 0.329. The second-order valence-electron chi connectivity index (χ2n) is 3.89. The number of hydrogen-bond donors (Lipinski definition) is 1. The standard InChI is InChI=1S/C9H16O3/c10-8-7-9(3-6-12-8)1-4-11-5-2-9/h8,10H,1-7H2/t8-/m0/s1. The van der Waals surface area contributed by atoms with Gasteiger partial charge in [0.25, 0.3) is 0 Å². The lowest BCUT2D eigenvalue weighted by Crippen LogP contribution is -2.39. The molecule has 1 atom stereocenters. The van der Waals surface area contributed by atoms with Gasteiger partial charge in [0.05, 0.1) is 6.61 Å². The fourth-order valence-corrected chi connectivity index (χ4v) is 2.20. The van der Waals surface area contributed by atoms with Gasteiger partial charge < -0.3 is 14.6 Å². The number of aliphatic hydroxyl groups is 1. The van der Waals surface area contributed by atoms with Crippen LogP contribution >= 0.6 is 0 Å². The zero-order valence-electron chi connectivity index (χ0n) is 7.29. The Morgan fingerprint density at radius 3 is 2.42 bits per heavy atom. The first-order chi connectivity index (χ1) is 5.81. The Kier molecular flexibility index (Phi) is 2.35. The third kappa shape index (κ3) is 1.63. The van der Waals surface area contributed by atoms with Gasteiger partial charge in [-0.05, 0) is 24.7 Å². The molecule has 0 radical (unpaired) electrons. The molecule has 0 unspecified atom stereocenters. The Morgan fingerprint density at radius 2 is 1.75 bits per heavy atom. The average Bonchev–Trinajstić information content (AvgIpc) is 2.05. The predicted octanol–water partition coefficient (Wildman–Crippen LogP) is 0.912. The molecule has 2 heterocycles. The molecule has 1 N–H and O–H groups in total. The Balaban J connectivity index is 1.97. The van der Waals surface area contributed by atoms with Crippen molar-refractivity contribution in [1.29, 1.82) is 0 Å². The maximum atomic E-state index is 9.36. The highest BCUT2D eigenvalue weighted by Crippen LogP contribution is 2.41. The molecule has 0 aromatic carbocycles. The average molecular weight is 172 g/mol. The molecule has 0 aromatic rings. The molecule has 70 valence electrons. The van der Waals surface area contributed by atoms with E-state index in [1.54, 1.807) is 0 Å². The summed E-state index contributed by atoms with van der Waals surface area (Å²) in [6.45, 7) is 2.42. The minimum atomic E-state index is -0.531.